The number of ether oxygens (including phenoxy) is 1. The number of aromatic nitrogens is 4. The van der Waals surface area contributed by atoms with Crippen LogP contribution in [0.25, 0.3) is 11.2 Å². The fraction of sp³-hybridized carbons (Fsp3) is 0.467. The Morgan fingerprint density at radius 3 is 2.68 bits per heavy atom. The second-order valence-electron chi connectivity index (χ2n) is 5.38. The maximum atomic E-state index is 11.1. The Labute approximate surface area is 156 Å². The predicted molar refractivity (Wildman–Crippen MR) is 80.8 cm³/mol. The minimum Gasteiger partial charge on any atom is -0.479 e. The minimum atomic E-state index is -1.55. The van der Waals surface area contributed by atoms with Crippen molar-refractivity contribution in [1.82, 2.24) is 19.5 Å². The second-order valence-corrected chi connectivity index (χ2v) is 5.38. The van der Waals surface area contributed by atoms with Crippen molar-refractivity contribution in [3.8, 4) is 11.8 Å². The number of imidazole rings is 1. The van der Waals surface area contributed by atoms with Crippen LogP contribution in [0.2, 0.25) is 0 Å². The first-order valence-corrected chi connectivity index (χ1v) is 7.38. The number of aliphatic hydroxyl groups is 2. The summed E-state index contributed by atoms with van der Waals surface area (Å²) in [6, 6.07) is 0. The first kappa shape index (κ1) is 19.4. The van der Waals surface area contributed by atoms with E-state index >= 15 is 0 Å². The van der Waals surface area contributed by atoms with Crippen LogP contribution >= 0.6 is 0 Å². The van der Waals surface area contributed by atoms with Gasteiger partial charge in [0, 0.05) is 26.8 Å². The van der Waals surface area contributed by atoms with E-state index in [1.54, 1.807) is 6.92 Å². The van der Waals surface area contributed by atoms with Crippen molar-refractivity contribution in [2.75, 3.05) is 0 Å². The van der Waals surface area contributed by atoms with Crippen molar-refractivity contribution in [2.24, 2.45) is 0 Å². The summed E-state index contributed by atoms with van der Waals surface area (Å²) in [5, 5.41) is 29.0. The molecule has 0 saturated carbocycles. The monoisotopic (exact) mass is 519 g/mol. The van der Waals surface area contributed by atoms with Crippen molar-refractivity contribution in [3.63, 3.8) is 0 Å². The maximum Gasteiger partial charge on any atom is 0.335 e. The molecule has 1 saturated heterocycles. The molecule has 0 aromatic carbocycles. The molecule has 2 aromatic rings. The average molecular weight is 519 g/mol. The molecule has 1 aliphatic rings. The summed E-state index contributed by atoms with van der Waals surface area (Å²) in [6.45, 7) is 3.65. The third-order valence-electron chi connectivity index (χ3n) is 3.73. The van der Waals surface area contributed by atoms with Crippen LogP contribution in [-0.4, -0.2) is 59.1 Å². The number of aryl methyl sites for hydroxylation is 1. The summed E-state index contributed by atoms with van der Waals surface area (Å²) in [6.07, 6.45) is -3.60. The number of fused-ring (bicyclic) bond motifs is 1. The van der Waals surface area contributed by atoms with Crippen LogP contribution in [-0.2, 0) is 30.0 Å². The van der Waals surface area contributed by atoms with Crippen LogP contribution in [0.3, 0.4) is 0 Å². The van der Waals surface area contributed by atoms with Gasteiger partial charge in [0.1, 0.15) is 17.7 Å². The smallest absolute Gasteiger partial charge is 0.335 e. The van der Waals surface area contributed by atoms with Crippen molar-refractivity contribution >= 4 is 17.1 Å². The molecule has 0 bridgehead atoms. The Hall–Kier alpha value is -1.88. The Bertz CT molecular complexity index is 859. The van der Waals surface area contributed by atoms with E-state index < -0.39 is 30.5 Å². The van der Waals surface area contributed by atoms with Crippen LogP contribution in [0, 0.1) is 18.8 Å². The van der Waals surface area contributed by atoms with Gasteiger partial charge in [0.05, 0.1) is 12.0 Å². The molecule has 1 fully saturated rings. The van der Waals surface area contributed by atoms with Gasteiger partial charge in [-0.15, -0.1) is 0 Å². The fourth-order valence-corrected chi connectivity index (χ4v) is 2.56. The molecule has 0 aliphatic carbocycles. The molecule has 10 heteroatoms. The largest absolute Gasteiger partial charge is 0.479 e. The molecule has 0 amide bonds. The SMILES string of the molecule is CCC#Cc1nc(C)c2ncn([C@@H]3O[C@H](C(=O)O)[C@H](O)C3O)c2n1.[Re]. The van der Waals surface area contributed by atoms with E-state index in [1.165, 1.54) is 10.9 Å². The van der Waals surface area contributed by atoms with Gasteiger partial charge in [0.15, 0.2) is 18.0 Å². The number of carboxylic acid groups (broad SMARTS) is 1. The van der Waals surface area contributed by atoms with Crippen LogP contribution in [0.5, 0.6) is 0 Å². The number of carbonyl (C=O) groups is 1. The van der Waals surface area contributed by atoms with Gasteiger partial charge < -0.3 is 20.1 Å². The summed E-state index contributed by atoms with van der Waals surface area (Å²) in [7, 11) is 0. The number of aliphatic hydroxyl groups excluding tert-OH is 2. The molecule has 1 radical (unpaired) electrons. The molecule has 0 spiro atoms. The molecule has 2 aromatic heterocycles. The molecule has 9 nitrogen and oxygen atoms in total. The van der Waals surface area contributed by atoms with E-state index in [0.29, 0.717) is 29.1 Å². The molecule has 1 unspecified atom stereocenters. The van der Waals surface area contributed by atoms with Crippen molar-refractivity contribution < 1.29 is 45.3 Å². The molecule has 3 rings (SSSR count). The second kappa shape index (κ2) is 7.56. The number of hydrogen-bond acceptors (Lipinski definition) is 7. The van der Waals surface area contributed by atoms with Gasteiger partial charge in [-0.3, -0.25) is 4.57 Å². The number of rotatable bonds is 2. The van der Waals surface area contributed by atoms with Gasteiger partial charge in [-0.25, -0.2) is 19.7 Å². The van der Waals surface area contributed by atoms with E-state index in [9.17, 15) is 15.0 Å². The number of nitrogens with zero attached hydrogens (tertiary/aromatic N) is 4. The Kier molecular flexibility index (Phi) is 5.88. The quantitative estimate of drug-likeness (QED) is 0.458. The molecular weight excluding hydrogens is 502 g/mol. The first-order chi connectivity index (χ1) is 11.4. The molecule has 3 N–H and O–H groups in total. The van der Waals surface area contributed by atoms with E-state index in [1.807, 2.05) is 6.92 Å². The van der Waals surface area contributed by atoms with Gasteiger partial charge in [0.25, 0.3) is 0 Å². The van der Waals surface area contributed by atoms with Gasteiger partial charge in [0.2, 0.25) is 5.82 Å². The fourth-order valence-electron chi connectivity index (χ4n) is 2.56. The standard InChI is InChI=1S/C15H16N4O5.Re/c1-3-4-5-8-17-7(2)9-13(18-8)19(6-16-9)14-11(21)10(20)12(24-14)15(22)23;/h6,10-12,14,20-21H,3H2,1-2H3,(H,22,23);/t10-,11?,12+,14-;/m1./s1. The third kappa shape index (κ3) is 3.43. The normalized spacial score (nSPS) is 25.3. The Balaban J connectivity index is 0.00000225. The Morgan fingerprint density at radius 2 is 2.08 bits per heavy atom. The van der Waals surface area contributed by atoms with Crippen molar-refractivity contribution in [1.29, 1.82) is 0 Å². The summed E-state index contributed by atoms with van der Waals surface area (Å²) >= 11 is 0. The van der Waals surface area contributed by atoms with E-state index in [4.69, 9.17) is 9.84 Å². The molecule has 133 valence electrons. The van der Waals surface area contributed by atoms with Gasteiger partial charge in [-0.2, -0.15) is 0 Å². The summed E-state index contributed by atoms with van der Waals surface area (Å²) in [5.74, 6) is 4.64. The zero-order valence-corrected chi connectivity index (χ0v) is 16.1. The molecule has 4 atom stereocenters. The molecule has 25 heavy (non-hydrogen) atoms. The van der Waals surface area contributed by atoms with E-state index in [0.717, 1.165) is 0 Å². The van der Waals surface area contributed by atoms with Gasteiger partial charge in [-0.1, -0.05) is 12.8 Å². The van der Waals surface area contributed by atoms with Crippen LogP contribution in [0.1, 0.15) is 31.1 Å². The van der Waals surface area contributed by atoms with Crippen LogP contribution < -0.4 is 0 Å². The molecule has 3 heterocycles. The summed E-state index contributed by atoms with van der Waals surface area (Å²) in [5.41, 5.74) is 1.44. The predicted octanol–water partition coefficient (Wildman–Crippen LogP) is -0.402. The molecule has 1 aliphatic heterocycles. The summed E-state index contributed by atoms with van der Waals surface area (Å²) in [4.78, 5) is 23.8. The Morgan fingerprint density at radius 1 is 1.36 bits per heavy atom. The van der Waals surface area contributed by atoms with Gasteiger partial charge in [-0.05, 0) is 12.8 Å². The van der Waals surface area contributed by atoms with Gasteiger partial charge >= 0.3 is 5.97 Å². The zero-order chi connectivity index (χ0) is 17.4. The summed E-state index contributed by atoms with van der Waals surface area (Å²) < 4.78 is 6.67. The molecular formula is C15H16N4O5Re. The minimum absolute atomic E-state index is 0. The van der Waals surface area contributed by atoms with Crippen molar-refractivity contribution in [3.05, 3.63) is 17.8 Å². The van der Waals surface area contributed by atoms with E-state index in [2.05, 4.69) is 26.8 Å². The number of hydrogen-bond donors (Lipinski definition) is 3. The average Bonchev–Trinajstić information content (AvgIpc) is 3.08. The zero-order valence-electron chi connectivity index (χ0n) is 13.4. The topological polar surface area (TPSA) is 131 Å². The maximum absolute atomic E-state index is 11.1. The van der Waals surface area contributed by atoms with Crippen LogP contribution in [0.15, 0.2) is 6.33 Å². The third-order valence-corrected chi connectivity index (χ3v) is 3.73. The van der Waals surface area contributed by atoms with Crippen LogP contribution in [0.4, 0.5) is 0 Å². The number of carboxylic acids is 1. The van der Waals surface area contributed by atoms with E-state index in [-0.39, 0.29) is 20.4 Å². The first-order valence-electron chi connectivity index (χ1n) is 7.38. The number of aliphatic carboxylic acids is 1. The van der Waals surface area contributed by atoms with Crippen molar-refractivity contribution in [2.45, 2.75) is 44.8 Å².